The molecule has 0 unspecified atom stereocenters. The fourth-order valence-corrected chi connectivity index (χ4v) is 3.80. The van der Waals surface area contributed by atoms with Gasteiger partial charge in [-0.25, -0.2) is 0 Å². The molecule has 0 amide bonds. The van der Waals surface area contributed by atoms with Crippen molar-refractivity contribution in [2.24, 2.45) is 0 Å². The van der Waals surface area contributed by atoms with Crippen molar-refractivity contribution in [2.45, 2.75) is 13.3 Å². The van der Waals surface area contributed by atoms with Crippen LogP contribution in [0.4, 0.5) is 0 Å². The molecule has 26 heavy (non-hydrogen) atoms. The number of aryl methyl sites for hydroxylation is 1. The number of allylic oxidation sites excluding steroid dienone is 1. The molecule has 0 bridgehead atoms. The third-order valence-electron chi connectivity index (χ3n) is 5.20. The monoisotopic (exact) mass is 333 g/mol. The molecule has 0 radical (unpaired) electrons. The third-order valence-corrected chi connectivity index (χ3v) is 5.20. The number of aromatic nitrogens is 1. The van der Waals surface area contributed by atoms with Crippen molar-refractivity contribution in [2.75, 3.05) is 0 Å². The Kier molecular flexibility index (Phi) is 3.46. The average molecular weight is 333 g/mol. The van der Waals surface area contributed by atoms with E-state index in [-0.39, 0.29) is 0 Å². The second kappa shape index (κ2) is 5.96. The predicted octanol–water partition coefficient (Wildman–Crippen LogP) is 6.31. The van der Waals surface area contributed by atoms with Crippen LogP contribution in [0.25, 0.3) is 33.5 Å². The van der Waals surface area contributed by atoms with Crippen LogP contribution in [-0.4, -0.2) is 4.98 Å². The summed E-state index contributed by atoms with van der Waals surface area (Å²) in [5.41, 5.74) is 8.87. The lowest BCUT2D eigenvalue weighted by Gasteiger charge is -2.09. The van der Waals surface area contributed by atoms with Crippen LogP contribution in [0.2, 0.25) is 0 Å². The number of pyridine rings is 1. The first-order valence-electron chi connectivity index (χ1n) is 9.03. The van der Waals surface area contributed by atoms with E-state index in [9.17, 15) is 0 Å². The predicted molar refractivity (Wildman–Crippen MR) is 110 cm³/mol. The van der Waals surface area contributed by atoms with E-state index in [1.807, 2.05) is 6.20 Å². The lowest BCUT2D eigenvalue weighted by molar-refractivity contribution is 1.20. The Morgan fingerprint density at radius 3 is 2.54 bits per heavy atom. The zero-order valence-corrected chi connectivity index (χ0v) is 14.7. The second-order valence-corrected chi connectivity index (χ2v) is 7.01. The van der Waals surface area contributed by atoms with E-state index in [0.29, 0.717) is 0 Å². The molecule has 1 heteroatoms. The number of fused-ring (bicyclic) bond motifs is 2. The Labute approximate surface area is 153 Å². The minimum absolute atomic E-state index is 0.951. The Bertz CT molecular complexity index is 1150. The maximum atomic E-state index is 4.62. The van der Waals surface area contributed by atoms with E-state index in [2.05, 4.69) is 90.8 Å². The molecule has 0 spiro atoms. The van der Waals surface area contributed by atoms with Gasteiger partial charge in [0.1, 0.15) is 0 Å². The Morgan fingerprint density at radius 2 is 1.69 bits per heavy atom. The summed E-state index contributed by atoms with van der Waals surface area (Å²) in [6.45, 7) is 2.08. The first-order chi connectivity index (χ1) is 12.8. The van der Waals surface area contributed by atoms with Crippen LogP contribution in [-0.2, 0) is 6.42 Å². The minimum atomic E-state index is 0.951. The van der Waals surface area contributed by atoms with E-state index in [4.69, 9.17) is 0 Å². The van der Waals surface area contributed by atoms with Crippen molar-refractivity contribution in [3.63, 3.8) is 0 Å². The highest BCUT2D eigenvalue weighted by molar-refractivity contribution is 5.95. The van der Waals surface area contributed by atoms with Crippen molar-refractivity contribution in [1.82, 2.24) is 4.98 Å². The van der Waals surface area contributed by atoms with Gasteiger partial charge >= 0.3 is 0 Å². The summed E-state index contributed by atoms with van der Waals surface area (Å²) >= 11 is 0. The summed E-state index contributed by atoms with van der Waals surface area (Å²) in [5, 5.41) is 2.56. The Hall–Kier alpha value is -3.19. The quantitative estimate of drug-likeness (QED) is 0.419. The van der Waals surface area contributed by atoms with E-state index >= 15 is 0 Å². The van der Waals surface area contributed by atoms with Gasteiger partial charge in [0.25, 0.3) is 0 Å². The average Bonchev–Trinajstić information content (AvgIpc) is 3.12. The molecule has 1 heterocycles. The van der Waals surface area contributed by atoms with Crippen LogP contribution < -0.4 is 0 Å². The van der Waals surface area contributed by atoms with Crippen LogP contribution in [0.15, 0.2) is 79.0 Å². The van der Waals surface area contributed by atoms with Gasteiger partial charge in [-0.2, -0.15) is 0 Å². The first-order valence-corrected chi connectivity index (χ1v) is 9.03. The van der Waals surface area contributed by atoms with Gasteiger partial charge < -0.3 is 0 Å². The maximum absolute atomic E-state index is 4.62. The highest BCUT2D eigenvalue weighted by Crippen LogP contribution is 2.37. The van der Waals surface area contributed by atoms with Crippen LogP contribution in [0.1, 0.15) is 22.4 Å². The molecule has 4 aromatic rings. The van der Waals surface area contributed by atoms with Gasteiger partial charge in [0.05, 0.1) is 5.69 Å². The summed E-state index contributed by atoms with van der Waals surface area (Å²) in [4.78, 5) is 4.62. The van der Waals surface area contributed by atoms with Gasteiger partial charge in [-0.3, -0.25) is 4.98 Å². The highest BCUT2D eigenvalue weighted by atomic mass is 14.7. The first kappa shape index (κ1) is 15.1. The second-order valence-electron chi connectivity index (χ2n) is 7.01. The number of rotatable bonds is 2. The number of hydrogen-bond donors (Lipinski definition) is 0. The maximum Gasteiger partial charge on any atom is 0.0665 e. The molecule has 124 valence electrons. The van der Waals surface area contributed by atoms with Crippen molar-refractivity contribution in [3.05, 3.63) is 101 Å². The number of benzene rings is 3. The standard InChI is InChI=1S/C25H19N/c1-17-9-12-25(26-16-17)22-14-20-7-4-8-23(24(20)15-22)21-11-10-18-5-2-3-6-19(18)13-21/h2-13,15-16H,14H2,1H3. The van der Waals surface area contributed by atoms with Crippen molar-refractivity contribution >= 4 is 22.4 Å². The molecular weight excluding hydrogens is 314 g/mol. The molecule has 1 aromatic heterocycles. The summed E-state index contributed by atoms with van der Waals surface area (Å²) < 4.78 is 0. The summed E-state index contributed by atoms with van der Waals surface area (Å²) in [6.07, 6.45) is 5.22. The summed E-state index contributed by atoms with van der Waals surface area (Å²) in [7, 11) is 0. The smallest absolute Gasteiger partial charge is 0.0665 e. The molecule has 1 nitrogen and oxygen atoms in total. The molecule has 0 saturated heterocycles. The third kappa shape index (κ3) is 2.53. The van der Waals surface area contributed by atoms with E-state index in [1.165, 1.54) is 44.2 Å². The molecule has 3 aromatic carbocycles. The van der Waals surface area contributed by atoms with Crippen LogP contribution in [0.3, 0.4) is 0 Å². The minimum Gasteiger partial charge on any atom is -0.256 e. The van der Waals surface area contributed by atoms with Crippen LogP contribution in [0, 0.1) is 6.92 Å². The van der Waals surface area contributed by atoms with E-state index < -0.39 is 0 Å². The fourth-order valence-electron chi connectivity index (χ4n) is 3.80. The Balaban J connectivity index is 1.62. The van der Waals surface area contributed by atoms with Crippen molar-refractivity contribution < 1.29 is 0 Å². The van der Waals surface area contributed by atoms with Gasteiger partial charge in [-0.1, -0.05) is 60.7 Å². The zero-order chi connectivity index (χ0) is 17.5. The largest absolute Gasteiger partial charge is 0.256 e. The van der Waals surface area contributed by atoms with Crippen LogP contribution >= 0.6 is 0 Å². The topological polar surface area (TPSA) is 12.9 Å². The van der Waals surface area contributed by atoms with Gasteiger partial charge in [0.15, 0.2) is 0 Å². The Morgan fingerprint density at radius 1 is 0.808 bits per heavy atom. The normalized spacial score (nSPS) is 12.9. The lowest BCUT2D eigenvalue weighted by atomic mass is 9.95. The molecular formula is C25H19N. The molecule has 1 aliphatic carbocycles. The van der Waals surface area contributed by atoms with Crippen LogP contribution in [0.5, 0.6) is 0 Å². The molecule has 0 atom stereocenters. The molecule has 0 fully saturated rings. The van der Waals surface area contributed by atoms with Gasteiger partial charge in [0, 0.05) is 12.6 Å². The number of nitrogens with zero attached hydrogens (tertiary/aromatic N) is 1. The van der Waals surface area contributed by atoms with Gasteiger partial charge in [-0.15, -0.1) is 0 Å². The van der Waals surface area contributed by atoms with Gasteiger partial charge in [-0.05, 0) is 69.3 Å². The van der Waals surface area contributed by atoms with Crippen molar-refractivity contribution in [1.29, 1.82) is 0 Å². The lowest BCUT2D eigenvalue weighted by Crippen LogP contribution is -1.90. The molecule has 0 N–H and O–H groups in total. The molecule has 1 aliphatic rings. The van der Waals surface area contributed by atoms with Gasteiger partial charge in [0.2, 0.25) is 0 Å². The fraction of sp³-hybridized carbons (Fsp3) is 0.0800. The molecule has 0 saturated carbocycles. The molecule has 0 aliphatic heterocycles. The summed E-state index contributed by atoms with van der Waals surface area (Å²) in [5.74, 6) is 0. The molecule has 5 rings (SSSR count). The zero-order valence-electron chi connectivity index (χ0n) is 14.7. The van der Waals surface area contributed by atoms with Crippen molar-refractivity contribution in [3.8, 4) is 11.1 Å². The highest BCUT2D eigenvalue weighted by Gasteiger charge is 2.18. The van der Waals surface area contributed by atoms with E-state index in [0.717, 1.165) is 12.1 Å². The summed E-state index contributed by atoms with van der Waals surface area (Å²) in [6, 6.07) is 26.2. The van der Waals surface area contributed by atoms with E-state index in [1.54, 1.807) is 0 Å². The number of hydrogen-bond acceptors (Lipinski definition) is 1. The SMILES string of the molecule is Cc1ccc(C2=Cc3c(cccc3-c3ccc4ccccc4c3)C2)nc1.